The summed E-state index contributed by atoms with van der Waals surface area (Å²) in [4.78, 5) is 28.8. The summed E-state index contributed by atoms with van der Waals surface area (Å²) in [5.41, 5.74) is 0. The van der Waals surface area contributed by atoms with Gasteiger partial charge in [0.2, 0.25) is 11.8 Å². The molecule has 0 spiro atoms. The molecule has 132 valence electrons. The Morgan fingerprint density at radius 3 is 2.43 bits per heavy atom. The maximum atomic E-state index is 12.3. The zero-order valence-corrected chi connectivity index (χ0v) is 14.9. The van der Waals surface area contributed by atoms with Crippen LogP contribution in [0.4, 0.5) is 0 Å². The number of nitrogens with one attached hydrogen (secondary N) is 1. The molecule has 5 heteroatoms. The Kier molecular flexibility index (Phi) is 7.34. The normalized spacial score (nSPS) is 23.3. The lowest BCUT2D eigenvalue weighted by Gasteiger charge is -2.26. The number of likely N-dealkylation sites (tertiary alicyclic amines) is 2. The van der Waals surface area contributed by atoms with Gasteiger partial charge in [-0.3, -0.25) is 9.59 Å². The Hall–Kier alpha value is -1.10. The van der Waals surface area contributed by atoms with Crippen molar-refractivity contribution < 1.29 is 9.59 Å². The molecule has 0 radical (unpaired) electrons. The van der Waals surface area contributed by atoms with Crippen molar-refractivity contribution in [1.29, 1.82) is 0 Å². The lowest BCUT2D eigenvalue weighted by molar-refractivity contribution is -0.130. The zero-order valence-electron chi connectivity index (χ0n) is 14.9. The van der Waals surface area contributed by atoms with Crippen LogP contribution in [0.25, 0.3) is 0 Å². The first-order valence-corrected chi connectivity index (χ1v) is 9.45. The second-order valence-corrected chi connectivity index (χ2v) is 6.96. The molecule has 0 aliphatic carbocycles. The van der Waals surface area contributed by atoms with Crippen LogP contribution in [-0.2, 0) is 9.59 Å². The van der Waals surface area contributed by atoms with E-state index in [-0.39, 0.29) is 23.8 Å². The lowest BCUT2D eigenvalue weighted by Crippen LogP contribution is -2.40. The molecule has 0 saturated carbocycles. The summed E-state index contributed by atoms with van der Waals surface area (Å²) < 4.78 is 0. The fourth-order valence-electron chi connectivity index (χ4n) is 3.83. The van der Waals surface area contributed by atoms with E-state index in [4.69, 9.17) is 0 Å². The van der Waals surface area contributed by atoms with E-state index in [1.54, 1.807) is 0 Å². The summed E-state index contributed by atoms with van der Waals surface area (Å²) in [6.45, 7) is 8.75. The smallest absolute Gasteiger partial charge is 0.225 e. The molecule has 0 bridgehead atoms. The zero-order chi connectivity index (χ0) is 16.7. The van der Waals surface area contributed by atoms with Crippen molar-refractivity contribution in [2.24, 2.45) is 5.92 Å². The van der Waals surface area contributed by atoms with Gasteiger partial charge in [0.15, 0.2) is 0 Å². The Morgan fingerprint density at radius 2 is 1.83 bits per heavy atom. The van der Waals surface area contributed by atoms with Gasteiger partial charge in [-0.25, -0.2) is 0 Å². The number of rotatable bonds is 7. The third-order valence-electron chi connectivity index (χ3n) is 5.34. The van der Waals surface area contributed by atoms with Gasteiger partial charge in [0.05, 0.1) is 5.92 Å². The fourth-order valence-corrected chi connectivity index (χ4v) is 3.83. The van der Waals surface area contributed by atoms with Crippen molar-refractivity contribution in [3.63, 3.8) is 0 Å². The molecule has 2 aliphatic heterocycles. The first-order chi connectivity index (χ1) is 11.2. The monoisotopic (exact) mass is 323 g/mol. The van der Waals surface area contributed by atoms with E-state index < -0.39 is 0 Å². The average Bonchev–Trinajstić information content (AvgIpc) is 2.76. The summed E-state index contributed by atoms with van der Waals surface area (Å²) in [5.74, 6) is 0.0419. The Balaban J connectivity index is 1.72. The quantitative estimate of drug-likeness (QED) is 0.780. The van der Waals surface area contributed by atoms with Crippen LogP contribution in [0.1, 0.15) is 58.8 Å². The third-order valence-corrected chi connectivity index (χ3v) is 5.34. The van der Waals surface area contributed by atoms with Gasteiger partial charge in [-0.2, -0.15) is 0 Å². The third kappa shape index (κ3) is 5.20. The Bertz CT molecular complexity index is 388. The second kappa shape index (κ2) is 9.26. The maximum absolute atomic E-state index is 12.3. The largest absolute Gasteiger partial charge is 0.355 e. The van der Waals surface area contributed by atoms with Crippen LogP contribution in [0, 0.1) is 5.92 Å². The van der Waals surface area contributed by atoms with Gasteiger partial charge in [0.25, 0.3) is 0 Å². The highest BCUT2D eigenvalue weighted by Gasteiger charge is 2.36. The predicted octanol–water partition coefficient (Wildman–Crippen LogP) is 2.02. The molecule has 5 nitrogen and oxygen atoms in total. The minimum Gasteiger partial charge on any atom is -0.355 e. The lowest BCUT2D eigenvalue weighted by atomic mass is 10.1. The molecule has 2 amide bonds. The van der Waals surface area contributed by atoms with Crippen molar-refractivity contribution in [2.45, 2.75) is 64.8 Å². The summed E-state index contributed by atoms with van der Waals surface area (Å²) in [5, 5.41) is 3.05. The molecule has 2 rings (SSSR count). The number of hydrogen-bond donors (Lipinski definition) is 1. The number of carbonyl (C=O) groups is 2. The van der Waals surface area contributed by atoms with Crippen molar-refractivity contribution in [3.8, 4) is 0 Å². The van der Waals surface area contributed by atoms with Crippen LogP contribution < -0.4 is 5.32 Å². The topological polar surface area (TPSA) is 52.7 Å². The van der Waals surface area contributed by atoms with Crippen molar-refractivity contribution in [3.05, 3.63) is 0 Å². The van der Waals surface area contributed by atoms with Gasteiger partial charge in [-0.05, 0) is 38.8 Å². The molecule has 1 unspecified atom stereocenters. The Morgan fingerprint density at radius 1 is 1.17 bits per heavy atom. The van der Waals surface area contributed by atoms with Gasteiger partial charge in [-0.1, -0.05) is 26.7 Å². The van der Waals surface area contributed by atoms with Gasteiger partial charge in [0.1, 0.15) is 0 Å². The van der Waals surface area contributed by atoms with Gasteiger partial charge in [0, 0.05) is 32.1 Å². The van der Waals surface area contributed by atoms with Gasteiger partial charge < -0.3 is 15.1 Å². The summed E-state index contributed by atoms with van der Waals surface area (Å²) in [7, 11) is 0. The summed E-state index contributed by atoms with van der Waals surface area (Å²) in [6.07, 6.45) is 7.52. The predicted molar refractivity (Wildman–Crippen MR) is 92.1 cm³/mol. The first-order valence-electron chi connectivity index (χ1n) is 9.45. The van der Waals surface area contributed by atoms with Crippen LogP contribution >= 0.6 is 0 Å². The van der Waals surface area contributed by atoms with Crippen molar-refractivity contribution >= 4 is 11.8 Å². The number of amides is 2. The highest BCUT2D eigenvalue weighted by atomic mass is 16.2. The van der Waals surface area contributed by atoms with Gasteiger partial charge >= 0.3 is 0 Å². The molecule has 2 heterocycles. The van der Waals surface area contributed by atoms with E-state index in [0.29, 0.717) is 19.5 Å². The van der Waals surface area contributed by atoms with E-state index in [0.717, 1.165) is 32.5 Å². The van der Waals surface area contributed by atoms with E-state index in [9.17, 15) is 9.59 Å². The number of hydrogen-bond acceptors (Lipinski definition) is 3. The minimum absolute atomic E-state index is 0.0571. The number of nitrogens with zero attached hydrogens (tertiary/aromatic N) is 2. The van der Waals surface area contributed by atoms with Crippen LogP contribution in [0.2, 0.25) is 0 Å². The van der Waals surface area contributed by atoms with Crippen molar-refractivity contribution in [2.75, 3.05) is 32.7 Å². The van der Waals surface area contributed by atoms with Crippen LogP contribution in [0.5, 0.6) is 0 Å². The van der Waals surface area contributed by atoms with Crippen LogP contribution in [0.15, 0.2) is 0 Å². The fraction of sp³-hybridized carbons (Fsp3) is 0.889. The molecule has 0 aromatic heterocycles. The SMILES string of the molecule is CCC(CC)N1CC(C(=O)NCCN2CCCCCC2)CC1=O. The van der Waals surface area contributed by atoms with Gasteiger partial charge in [-0.15, -0.1) is 0 Å². The van der Waals surface area contributed by atoms with E-state index in [2.05, 4.69) is 24.1 Å². The average molecular weight is 323 g/mol. The molecule has 2 fully saturated rings. The van der Waals surface area contributed by atoms with E-state index in [1.165, 1.54) is 25.7 Å². The van der Waals surface area contributed by atoms with Crippen LogP contribution in [-0.4, -0.2) is 60.4 Å². The minimum atomic E-state index is -0.160. The molecule has 1 atom stereocenters. The highest BCUT2D eigenvalue weighted by molar-refractivity contribution is 5.89. The van der Waals surface area contributed by atoms with Crippen molar-refractivity contribution in [1.82, 2.24) is 15.1 Å². The molecular formula is C18H33N3O2. The Labute approximate surface area is 140 Å². The summed E-state index contributed by atoms with van der Waals surface area (Å²) >= 11 is 0. The molecule has 0 aromatic rings. The molecule has 23 heavy (non-hydrogen) atoms. The first kappa shape index (κ1) is 18.2. The standard InChI is InChI=1S/C18H33N3O2/c1-3-16(4-2)21-14-15(13-17(21)22)18(23)19-9-12-20-10-7-5-6-8-11-20/h15-16H,3-14H2,1-2H3,(H,19,23). The molecule has 1 N–H and O–H groups in total. The van der Waals surface area contributed by atoms with E-state index >= 15 is 0 Å². The van der Waals surface area contributed by atoms with Crippen LogP contribution in [0.3, 0.4) is 0 Å². The summed E-state index contributed by atoms with van der Waals surface area (Å²) in [6, 6.07) is 0.289. The molecular weight excluding hydrogens is 290 g/mol. The molecule has 2 aliphatic rings. The number of carbonyl (C=O) groups excluding carboxylic acids is 2. The molecule has 0 aromatic carbocycles. The molecule has 2 saturated heterocycles. The van der Waals surface area contributed by atoms with E-state index in [1.807, 2.05) is 4.90 Å². The maximum Gasteiger partial charge on any atom is 0.225 e. The second-order valence-electron chi connectivity index (χ2n) is 6.96. The highest BCUT2D eigenvalue weighted by Crippen LogP contribution is 2.23.